The molecule has 0 aliphatic carbocycles. The van der Waals surface area contributed by atoms with Crippen LogP contribution in [0.3, 0.4) is 0 Å². The van der Waals surface area contributed by atoms with Gasteiger partial charge in [-0.1, -0.05) is 20.3 Å². The highest BCUT2D eigenvalue weighted by atomic mass is 16.4. The maximum absolute atomic E-state index is 11.3. The first-order valence-electron chi connectivity index (χ1n) is 4.74. The van der Waals surface area contributed by atoms with E-state index in [4.69, 9.17) is 10.8 Å². The SMILES string of the molecule is CCC(C)[C@H](N)C(=O)NCCC(=O)O. The quantitative estimate of drug-likeness (QED) is 0.563. The van der Waals surface area contributed by atoms with Gasteiger partial charge in [0, 0.05) is 6.54 Å². The van der Waals surface area contributed by atoms with Crippen LogP contribution in [0.15, 0.2) is 0 Å². The maximum Gasteiger partial charge on any atom is 0.305 e. The van der Waals surface area contributed by atoms with Crippen LogP contribution in [0.2, 0.25) is 0 Å². The van der Waals surface area contributed by atoms with E-state index in [9.17, 15) is 9.59 Å². The van der Waals surface area contributed by atoms with Crippen molar-refractivity contribution in [1.82, 2.24) is 5.32 Å². The van der Waals surface area contributed by atoms with Gasteiger partial charge in [0.2, 0.25) is 5.91 Å². The number of carboxylic acids is 1. The summed E-state index contributed by atoms with van der Waals surface area (Å²) in [6.45, 7) is 3.98. The molecule has 0 aromatic heterocycles. The number of hydrogen-bond donors (Lipinski definition) is 3. The van der Waals surface area contributed by atoms with Crippen LogP contribution in [0, 0.1) is 5.92 Å². The topological polar surface area (TPSA) is 92.4 Å². The van der Waals surface area contributed by atoms with Crippen LogP contribution in [-0.2, 0) is 9.59 Å². The van der Waals surface area contributed by atoms with E-state index in [0.29, 0.717) is 0 Å². The lowest BCUT2D eigenvalue weighted by Gasteiger charge is -2.17. The predicted octanol–water partition coefficient (Wildman–Crippen LogP) is -0.0493. The van der Waals surface area contributed by atoms with Crippen LogP contribution in [0.25, 0.3) is 0 Å². The highest BCUT2D eigenvalue weighted by Crippen LogP contribution is 2.04. The van der Waals surface area contributed by atoms with Crippen LogP contribution in [0.5, 0.6) is 0 Å². The van der Waals surface area contributed by atoms with Gasteiger partial charge in [0.05, 0.1) is 12.5 Å². The summed E-state index contributed by atoms with van der Waals surface area (Å²) in [6.07, 6.45) is 0.756. The molecule has 5 nitrogen and oxygen atoms in total. The minimum atomic E-state index is -0.928. The Kier molecular flexibility index (Phi) is 5.87. The molecule has 0 aliphatic rings. The van der Waals surface area contributed by atoms with Crippen molar-refractivity contribution in [3.63, 3.8) is 0 Å². The van der Waals surface area contributed by atoms with Gasteiger partial charge in [0.25, 0.3) is 0 Å². The van der Waals surface area contributed by atoms with Gasteiger partial charge in [-0.2, -0.15) is 0 Å². The fourth-order valence-electron chi connectivity index (χ4n) is 0.923. The molecule has 2 atom stereocenters. The van der Waals surface area contributed by atoms with E-state index < -0.39 is 12.0 Å². The van der Waals surface area contributed by atoms with E-state index in [-0.39, 0.29) is 24.8 Å². The van der Waals surface area contributed by atoms with E-state index >= 15 is 0 Å². The number of carboxylic acid groups (broad SMARTS) is 1. The van der Waals surface area contributed by atoms with Gasteiger partial charge < -0.3 is 16.2 Å². The molecule has 0 rings (SSSR count). The van der Waals surface area contributed by atoms with E-state index in [2.05, 4.69) is 5.32 Å². The Morgan fingerprint density at radius 2 is 2.07 bits per heavy atom. The van der Waals surface area contributed by atoms with Crippen molar-refractivity contribution in [3.8, 4) is 0 Å². The summed E-state index contributed by atoms with van der Waals surface area (Å²) in [6, 6.07) is -0.547. The number of amides is 1. The number of aliphatic carboxylic acids is 1. The summed E-state index contributed by atoms with van der Waals surface area (Å²) in [4.78, 5) is 21.5. The summed E-state index contributed by atoms with van der Waals surface area (Å²) in [7, 11) is 0. The minimum absolute atomic E-state index is 0.0705. The van der Waals surface area contributed by atoms with E-state index in [1.54, 1.807) is 0 Å². The molecule has 0 bridgehead atoms. The summed E-state index contributed by atoms with van der Waals surface area (Å²) >= 11 is 0. The van der Waals surface area contributed by atoms with Crippen LogP contribution in [0.1, 0.15) is 26.7 Å². The van der Waals surface area contributed by atoms with E-state index in [1.807, 2.05) is 13.8 Å². The maximum atomic E-state index is 11.3. The zero-order valence-electron chi connectivity index (χ0n) is 8.62. The second-order valence-corrected chi connectivity index (χ2v) is 3.35. The number of carbonyl (C=O) groups excluding carboxylic acids is 1. The molecule has 0 aromatic carbocycles. The first kappa shape index (κ1) is 12.9. The summed E-state index contributed by atoms with van der Waals surface area (Å²) in [5.74, 6) is -1.09. The van der Waals surface area contributed by atoms with Crippen LogP contribution in [0.4, 0.5) is 0 Å². The average Bonchev–Trinajstić information content (AvgIpc) is 2.14. The first-order chi connectivity index (χ1) is 6.49. The molecule has 14 heavy (non-hydrogen) atoms. The molecule has 0 spiro atoms. The number of hydrogen-bond acceptors (Lipinski definition) is 3. The van der Waals surface area contributed by atoms with Gasteiger partial charge in [-0.05, 0) is 5.92 Å². The lowest BCUT2D eigenvalue weighted by atomic mass is 9.99. The number of carbonyl (C=O) groups is 2. The largest absolute Gasteiger partial charge is 0.481 e. The minimum Gasteiger partial charge on any atom is -0.481 e. The van der Waals surface area contributed by atoms with Crippen molar-refractivity contribution < 1.29 is 14.7 Å². The average molecular weight is 202 g/mol. The standard InChI is InChI=1S/C9H18N2O3/c1-3-6(2)8(10)9(14)11-5-4-7(12)13/h6,8H,3-5,10H2,1-2H3,(H,11,14)(H,12,13)/t6?,8-/m0/s1. The summed E-state index contributed by atoms with van der Waals surface area (Å²) in [5, 5.41) is 10.8. The van der Waals surface area contributed by atoms with Gasteiger partial charge in [0.15, 0.2) is 0 Å². The highest BCUT2D eigenvalue weighted by molar-refractivity contribution is 5.82. The molecule has 5 heteroatoms. The summed E-state index contributed by atoms with van der Waals surface area (Å²) < 4.78 is 0. The highest BCUT2D eigenvalue weighted by Gasteiger charge is 2.18. The monoisotopic (exact) mass is 202 g/mol. The Morgan fingerprint density at radius 3 is 2.50 bits per heavy atom. The Morgan fingerprint density at radius 1 is 1.50 bits per heavy atom. The van der Waals surface area contributed by atoms with E-state index in [1.165, 1.54) is 0 Å². The summed E-state index contributed by atoms with van der Waals surface area (Å²) in [5.41, 5.74) is 5.63. The predicted molar refractivity (Wildman–Crippen MR) is 52.7 cm³/mol. The fraction of sp³-hybridized carbons (Fsp3) is 0.778. The van der Waals surface area contributed by atoms with Gasteiger partial charge in [-0.15, -0.1) is 0 Å². The lowest BCUT2D eigenvalue weighted by molar-refractivity contribution is -0.137. The van der Waals surface area contributed by atoms with Crippen molar-refractivity contribution in [2.75, 3.05) is 6.54 Å². The smallest absolute Gasteiger partial charge is 0.305 e. The van der Waals surface area contributed by atoms with Gasteiger partial charge in [-0.25, -0.2) is 0 Å². The number of rotatable bonds is 6. The lowest BCUT2D eigenvalue weighted by Crippen LogP contribution is -2.45. The van der Waals surface area contributed by atoms with Crippen molar-refractivity contribution in [2.45, 2.75) is 32.7 Å². The third kappa shape index (κ3) is 4.81. The molecule has 0 heterocycles. The Balaban J connectivity index is 3.78. The molecule has 1 amide bonds. The normalized spacial score (nSPS) is 14.5. The zero-order chi connectivity index (χ0) is 11.1. The van der Waals surface area contributed by atoms with Crippen molar-refractivity contribution >= 4 is 11.9 Å². The third-order valence-electron chi connectivity index (χ3n) is 2.20. The number of nitrogens with one attached hydrogen (secondary N) is 1. The Labute approximate surface area is 83.7 Å². The van der Waals surface area contributed by atoms with Gasteiger partial charge >= 0.3 is 5.97 Å². The molecule has 1 unspecified atom stereocenters. The first-order valence-corrected chi connectivity index (χ1v) is 4.74. The van der Waals surface area contributed by atoms with Crippen LogP contribution >= 0.6 is 0 Å². The second-order valence-electron chi connectivity index (χ2n) is 3.35. The van der Waals surface area contributed by atoms with Crippen molar-refractivity contribution in [1.29, 1.82) is 0 Å². The third-order valence-corrected chi connectivity index (χ3v) is 2.20. The molecular formula is C9H18N2O3. The molecule has 0 aromatic rings. The van der Waals surface area contributed by atoms with Crippen LogP contribution in [-0.4, -0.2) is 29.6 Å². The Bertz CT molecular complexity index is 206. The van der Waals surface area contributed by atoms with Crippen molar-refractivity contribution in [2.24, 2.45) is 11.7 Å². The second kappa shape index (κ2) is 6.37. The molecule has 0 fully saturated rings. The zero-order valence-corrected chi connectivity index (χ0v) is 8.62. The molecule has 4 N–H and O–H groups in total. The molecular weight excluding hydrogens is 184 g/mol. The van der Waals surface area contributed by atoms with Crippen LogP contribution < -0.4 is 11.1 Å². The Hall–Kier alpha value is -1.10. The number of nitrogens with two attached hydrogens (primary N) is 1. The molecule has 0 aliphatic heterocycles. The molecule has 0 saturated carbocycles. The van der Waals surface area contributed by atoms with E-state index in [0.717, 1.165) is 6.42 Å². The molecule has 0 saturated heterocycles. The molecule has 0 radical (unpaired) electrons. The van der Waals surface area contributed by atoms with Gasteiger partial charge in [-0.3, -0.25) is 9.59 Å². The van der Waals surface area contributed by atoms with Crippen molar-refractivity contribution in [3.05, 3.63) is 0 Å². The molecule has 82 valence electrons. The van der Waals surface area contributed by atoms with Gasteiger partial charge in [0.1, 0.15) is 0 Å². The fourth-order valence-corrected chi connectivity index (χ4v) is 0.923.